The van der Waals surface area contributed by atoms with Crippen LogP contribution in [0.2, 0.25) is 0 Å². The fourth-order valence-corrected chi connectivity index (χ4v) is 9.15. The first-order chi connectivity index (χ1) is 18.0. The highest BCUT2D eigenvalue weighted by molar-refractivity contribution is 7.85. The van der Waals surface area contributed by atoms with E-state index in [0.717, 1.165) is 62.5 Å². The number of carbonyl (C=O) groups excluding carboxylic acids is 1. The third-order valence-electron chi connectivity index (χ3n) is 11.0. The van der Waals surface area contributed by atoms with Gasteiger partial charge in [0, 0.05) is 6.42 Å². The molecule has 0 amide bonds. The summed E-state index contributed by atoms with van der Waals surface area (Å²) in [6, 6.07) is 0. The minimum Gasteiger partial charge on any atom is -0.462 e. The standard InChI is InChI=1S/C33H54O5S/c1-22(21-37-39(8,35)36)10-9-11-23(2)27-14-15-28-26-13-12-24-20-25(38-30(34)31(3,4)5)16-18-32(24,6)29(26)17-19-33(27,28)7/h12,14,22-23,25-26,28-29H,9-11,13,15-21H2,1-8H3/t22-,23-,25+,26+,28+,29?,32+,33-/m1/s1. The van der Waals surface area contributed by atoms with Crippen molar-refractivity contribution in [3.05, 3.63) is 23.3 Å². The van der Waals surface area contributed by atoms with Crippen LogP contribution in [0.25, 0.3) is 0 Å². The third kappa shape index (κ3) is 6.52. The van der Waals surface area contributed by atoms with Gasteiger partial charge in [-0.1, -0.05) is 57.4 Å². The second-order valence-electron chi connectivity index (χ2n) is 15.1. The summed E-state index contributed by atoms with van der Waals surface area (Å²) in [7, 11) is -3.36. The van der Waals surface area contributed by atoms with Crippen LogP contribution in [0.1, 0.15) is 113 Å². The normalized spacial score (nSPS) is 36.1. The van der Waals surface area contributed by atoms with E-state index in [4.69, 9.17) is 8.92 Å². The second kappa shape index (κ2) is 11.3. The van der Waals surface area contributed by atoms with Crippen LogP contribution in [-0.2, 0) is 23.8 Å². The first-order valence-electron chi connectivity index (χ1n) is 15.5. The summed E-state index contributed by atoms with van der Waals surface area (Å²) in [4.78, 5) is 12.5. The number of hydrogen-bond donors (Lipinski definition) is 0. The highest BCUT2D eigenvalue weighted by Gasteiger charge is 2.57. The highest BCUT2D eigenvalue weighted by atomic mass is 32.2. The molecule has 0 heterocycles. The number of rotatable bonds is 9. The molecule has 4 aliphatic rings. The second-order valence-corrected chi connectivity index (χ2v) is 16.7. The van der Waals surface area contributed by atoms with Crippen molar-refractivity contribution >= 4 is 16.1 Å². The van der Waals surface area contributed by atoms with Crippen LogP contribution in [0, 0.1) is 45.8 Å². The molecule has 0 spiro atoms. The maximum atomic E-state index is 12.5. The van der Waals surface area contributed by atoms with Gasteiger partial charge in [0.05, 0.1) is 18.3 Å². The van der Waals surface area contributed by atoms with Gasteiger partial charge in [-0.25, -0.2) is 0 Å². The average Bonchev–Trinajstić information content (AvgIpc) is 3.19. The van der Waals surface area contributed by atoms with Crippen LogP contribution in [0.5, 0.6) is 0 Å². The van der Waals surface area contributed by atoms with E-state index in [1.54, 1.807) is 11.1 Å². The summed E-state index contributed by atoms with van der Waals surface area (Å²) in [5, 5.41) is 0. The Labute approximate surface area is 238 Å². The van der Waals surface area contributed by atoms with E-state index in [0.29, 0.717) is 11.3 Å². The molecule has 4 rings (SSSR count). The molecule has 39 heavy (non-hydrogen) atoms. The van der Waals surface area contributed by atoms with E-state index in [2.05, 4.69) is 39.8 Å². The topological polar surface area (TPSA) is 69.7 Å². The van der Waals surface area contributed by atoms with E-state index in [-0.39, 0.29) is 30.0 Å². The first kappa shape index (κ1) is 30.8. The zero-order valence-corrected chi connectivity index (χ0v) is 26.7. The monoisotopic (exact) mass is 562 g/mol. The molecular weight excluding hydrogens is 508 g/mol. The van der Waals surface area contributed by atoms with Gasteiger partial charge in [0.2, 0.25) is 0 Å². The molecule has 2 fully saturated rings. The molecule has 0 saturated heterocycles. The predicted octanol–water partition coefficient (Wildman–Crippen LogP) is 7.86. The molecule has 4 aliphatic carbocycles. The van der Waals surface area contributed by atoms with E-state index < -0.39 is 15.5 Å². The average molecular weight is 563 g/mol. The Balaban J connectivity index is 1.36. The largest absolute Gasteiger partial charge is 0.462 e. The molecule has 0 bridgehead atoms. The Kier molecular flexibility index (Phi) is 8.90. The summed E-state index contributed by atoms with van der Waals surface area (Å²) in [5.74, 6) is 2.93. The number of esters is 1. The molecular formula is C33H54O5S. The predicted molar refractivity (Wildman–Crippen MR) is 157 cm³/mol. The molecule has 5 nitrogen and oxygen atoms in total. The number of carbonyl (C=O) groups is 1. The van der Waals surface area contributed by atoms with Crippen LogP contribution < -0.4 is 0 Å². The molecule has 2 saturated carbocycles. The van der Waals surface area contributed by atoms with Crippen molar-refractivity contribution in [3.8, 4) is 0 Å². The molecule has 0 radical (unpaired) electrons. The zero-order chi connectivity index (χ0) is 28.8. The Bertz CT molecular complexity index is 1080. The third-order valence-corrected chi connectivity index (χ3v) is 11.6. The lowest BCUT2D eigenvalue weighted by Gasteiger charge is -2.58. The van der Waals surface area contributed by atoms with E-state index in [9.17, 15) is 13.2 Å². The van der Waals surface area contributed by atoms with Crippen molar-refractivity contribution in [2.45, 2.75) is 119 Å². The van der Waals surface area contributed by atoms with Crippen molar-refractivity contribution < 1.29 is 22.1 Å². The molecule has 0 N–H and O–H groups in total. The number of fused-ring (bicyclic) bond motifs is 5. The van der Waals surface area contributed by atoms with Gasteiger partial charge in [0.1, 0.15) is 6.10 Å². The van der Waals surface area contributed by atoms with Crippen LogP contribution in [0.15, 0.2) is 23.3 Å². The van der Waals surface area contributed by atoms with Crippen molar-refractivity contribution in [1.29, 1.82) is 0 Å². The Morgan fingerprint density at radius 2 is 1.72 bits per heavy atom. The van der Waals surface area contributed by atoms with Gasteiger partial charge in [-0.15, -0.1) is 0 Å². The van der Waals surface area contributed by atoms with Crippen LogP contribution in [0.4, 0.5) is 0 Å². The van der Waals surface area contributed by atoms with E-state index in [1.165, 1.54) is 25.7 Å². The number of allylic oxidation sites excluding steroid dienone is 3. The molecule has 0 aliphatic heterocycles. The maximum Gasteiger partial charge on any atom is 0.311 e. The lowest BCUT2D eigenvalue weighted by Crippen LogP contribution is -2.50. The smallest absolute Gasteiger partial charge is 0.311 e. The summed E-state index contributed by atoms with van der Waals surface area (Å²) in [5.41, 5.74) is 3.33. The Morgan fingerprint density at radius 3 is 2.38 bits per heavy atom. The molecule has 8 atom stereocenters. The lowest BCUT2D eigenvalue weighted by atomic mass is 9.47. The van der Waals surface area contributed by atoms with Gasteiger partial charge in [-0.3, -0.25) is 8.98 Å². The quantitative estimate of drug-likeness (QED) is 0.162. The molecule has 0 aromatic rings. The Morgan fingerprint density at radius 1 is 1.03 bits per heavy atom. The molecule has 222 valence electrons. The van der Waals surface area contributed by atoms with Gasteiger partial charge in [0.25, 0.3) is 10.1 Å². The minimum absolute atomic E-state index is 0.0303. The summed E-state index contributed by atoms with van der Waals surface area (Å²) < 4.78 is 33.6. The number of hydrogen-bond acceptors (Lipinski definition) is 5. The van der Waals surface area contributed by atoms with Gasteiger partial charge < -0.3 is 4.74 Å². The molecule has 0 aromatic carbocycles. The van der Waals surface area contributed by atoms with Gasteiger partial charge in [-0.2, -0.15) is 8.42 Å². The van der Waals surface area contributed by atoms with Crippen LogP contribution >= 0.6 is 0 Å². The number of ether oxygens (including phenoxy) is 1. The van der Waals surface area contributed by atoms with E-state index in [1.807, 2.05) is 20.8 Å². The summed E-state index contributed by atoms with van der Waals surface area (Å²) in [6.07, 6.45) is 17.5. The van der Waals surface area contributed by atoms with E-state index >= 15 is 0 Å². The molecule has 0 aromatic heterocycles. The fourth-order valence-electron chi connectivity index (χ4n) is 8.67. The summed E-state index contributed by atoms with van der Waals surface area (Å²) >= 11 is 0. The highest BCUT2D eigenvalue weighted by Crippen LogP contribution is 2.66. The fraction of sp³-hybridized carbons (Fsp3) is 0.848. The van der Waals surface area contributed by atoms with Crippen molar-refractivity contribution in [3.63, 3.8) is 0 Å². The Hall–Kier alpha value is -1.14. The molecule has 6 heteroatoms. The SMILES string of the molecule is C[C@H](CCC[C@@H](C)C1=CC[C@H]2[C@@H]3CC=C4C[C@@H](OC(=O)C(C)(C)C)CC[C@]4(C)C3CC[C@]12C)COS(C)(=O)=O. The lowest BCUT2D eigenvalue weighted by molar-refractivity contribution is -0.160. The van der Waals surface area contributed by atoms with Gasteiger partial charge in [-0.05, 0) is 113 Å². The van der Waals surface area contributed by atoms with Gasteiger partial charge in [0.15, 0.2) is 0 Å². The zero-order valence-electron chi connectivity index (χ0n) is 25.8. The first-order valence-corrected chi connectivity index (χ1v) is 17.3. The summed E-state index contributed by atoms with van der Waals surface area (Å²) in [6.45, 7) is 15.7. The van der Waals surface area contributed by atoms with Crippen molar-refractivity contribution in [2.24, 2.45) is 45.8 Å². The maximum absolute atomic E-state index is 12.5. The van der Waals surface area contributed by atoms with Crippen LogP contribution in [0.3, 0.4) is 0 Å². The van der Waals surface area contributed by atoms with Crippen molar-refractivity contribution in [2.75, 3.05) is 12.9 Å². The molecule has 1 unspecified atom stereocenters. The van der Waals surface area contributed by atoms with Crippen molar-refractivity contribution in [1.82, 2.24) is 0 Å². The van der Waals surface area contributed by atoms with Gasteiger partial charge >= 0.3 is 5.97 Å². The van der Waals surface area contributed by atoms with Crippen LogP contribution in [-0.4, -0.2) is 33.4 Å². The minimum atomic E-state index is -3.36.